The van der Waals surface area contributed by atoms with Gasteiger partial charge < -0.3 is 15.3 Å². The Bertz CT molecular complexity index is 1620. The summed E-state index contributed by atoms with van der Waals surface area (Å²) in [4.78, 5) is 43.0. The number of non-ortho nitro benzene ring substituents is 1. The van der Waals surface area contributed by atoms with Crippen LogP contribution in [0.15, 0.2) is 52.9 Å². The largest absolute Gasteiger partial charge is 0.481 e. The molecule has 4 N–H and O–H groups in total. The molecule has 0 unspecified atom stereocenters. The molecule has 1 aliphatic carbocycles. The highest BCUT2D eigenvalue weighted by Crippen LogP contribution is 2.48. The molecule has 0 radical (unpaired) electrons. The number of rotatable bonds is 25. The monoisotopic (exact) mass is 806 g/mol. The van der Waals surface area contributed by atoms with Gasteiger partial charge in [-0.1, -0.05) is 120 Å². The van der Waals surface area contributed by atoms with Gasteiger partial charge in [0.1, 0.15) is 0 Å². The van der Waals surface area contributed by atoms with Crippen LogP contribution in [-0.4, -0.2) is 65.1 Å². The first-order chi connectivity index (χ1) is 26.1. The highest BCUT2D eigenvalue weighted by Gasteiger charge is 2.51. The van der Waals surface area contributed by atoms with Crippen molar-refractivity contribution in [2.24, 2.45) is 0 Å². The van der Waals surface area contributed by atoms with E-state index < -0.39 is 38.3 Å². The number of thioether (sulfide) groups is 1. The van der Waals surface area contributed by atoms with E-state index >= 15 is 0 Å². The number of nitro groups is 1. The third-order valence-electron chi connectivity index (χ3n) is 9.32. The number of carbonyl (C=O) groups is 3. The summed E-state index contributed by atoms with van der Waals surface area (Å²) in [6.45, 7) is 5.68. The van der Waals surface area contributed by atoms with E-state index in [1.807, 2.05) is 37.4 Å². The van der Waals surface area contributed by atoms with Crippen molar-refractivity contribution in [2.45, 2.75) is 140 Å². The van der Waals surface area contributed by atoms with Crippen LogP contribution >= 0.6 is 11.8 Å². The van der Waals surface area contributed by atoms with Crippen molar-refractivity contribution in [2.75, 3.05) is 18.6 Å². The predicted molar refractivity (Wildman–Crippen MR) is 220 cm³/mol. The molecule has 1 saturated carbocycles. The summed E-state index contributed by atoms with van der Waals surface area (Å²) in [5.41, 5.74) is 2.21. The van der Waals surface area contributed by atoms with Gasteiger partial charge in [-0.05, 0) is 62.6 Å². The Labute approximate surface area is 331 Å². The molecule has 2 aromatic carbocycles. The Morgan fingerprint density at radius 3 is 1.78 bits per heavy atom. The normalized spacial score (nSPS) is 13.1. The number of unbranched alkanes of at least 4 members (excludes halogenated alkanes) is 13. The number of nitro benzene ring substituents is 1. The molecular weight excluding hydrogens is 745 g/mol. The summed E-state index contributed by atoms with van der Waals surface area (Å²) in [6, 6.07) is 12.2. The lowest BCUT2D eigenvalue weighted by atomic mass is 9.95. The van der Waals surface area contributed by atoms with Gasteiger partial charge in [0.25, 0.3) is 5.69 Å². The van der Waals surface area contributed by atoms with Crippen LogP contribution in [0.5, 0.6) is 0 Å². The second-order valence-corrected chi connectivity index (χ2v) is 16.8. The van der Waals surface area contributed by atoms with E-state index in [1.54, 1.807) is 6.07 Å². The number of hydrogen-bond acceptors (Lipinski definition) is 8. The minimum atomic E-state index is -3.31. The summed E-state index contributed by atoms with van der Waals surface area (Å²) in [5, 5.41) is 36.9. The van der Waals surface area contributed by atoms with Crippen molar-refractivity contribution in [3.05, 3.63) is 74.8 Å². The maximum Gasteiger partial charge on any atom is 0.331 e. The smallest absolute Gasteiger partial charge is 0.331 e. The Balaban J connectivity index is 0.000000435. The quantitative estimate of drug-likeness (QED) is 0.0245. The van der Waals surface area contributed by atoms with E-state index in [0.29, 0.717) is 12.0 Å². The highest BCUT2D eigenvalue weighted by atomic mass is 32.2. The number of nitrogens with one attached hydrogen (secondary N) is 1. The van der Waals surface area contributed by atoms with Crippen molar-refractivity contribution in [3.63, 3.8) is 0 Å². The fourth-order valence-corrected chi connectivity index (χ4v) is 7.44. The van der Waals surface area contributed by atoms with Gasteiger partial charge in [-0.2, -0.15) is 0 Å². The maximum absolute atomic E-state index is 11.6. The lowest BCUT2D eigenvalue weighted by Gasteiger charge is -2.09. The van der Waals surface area contributed by atoms with Crippen molar-refractivity contribution >= 4 is 51.5 Å². The van der Waals surface area contributed by atoms with Crippen LogP contribution in [0.25, 0.3) is 6.08 Å². The van der Waals surface area contributed by atoms with E-state index in [2.05, 4.69) is 11.6 Å². The van der Waals surface area contributed by atoms with Crippen LogP contribution < -0.4 is 4.72 Å². The van der Waals surface area contributed by atoms with E-state index in [-0.39, 0.29) is 30.0 Å². The standard InChI is InChI=1S/C19H39NO4S.C11H11NO4S.C11H12O2/c1-2-3-4-5-6-7-8-9-10-11-12-13-14-15-18-25(23,24)20-17-16-19(21)22;1-7(11(13)14)5-8-6-9(12(15)16)3-4-10(8)17-2;1-8-2-4-9(5-3-8)11(6-7-11)10(12)13/h20H,2-18H2,1H3,(H,21,22);3-6H,1-2H3,(H,13,14);2-5H,6-7H2,1H3,(H,12,13). The Morgan fingerprint density at radius 2 is 1.36 bits per heavy atom. The molecule has 0 heterocycles. The highest BCUT2D eigenvalue weighted by molar-refractivity contribution is 7.98. The molecule has 3 rings (SSSR count). The molecule has 0 saturated heterocycles. The number of carboxylic acid groups (broad SMARTS) is 3. The summed E-state index contributed by atoms with van der Waals surface area (Å²) >= 11 is 1.41. The van der Waals surface area contributed by atoms with Crippen LogP contribution in [0.1, 0.15) is 140 Å². The molecule has 1 aliphatic rings. The van der Waals surface area contributed by atoms with Gasteiger partial charge in [-0.25, -0.2) is 17.9 Å². The zero-order chi connectivity index (χ0) is 41.3. The van der Waals surface area contributed by atoms with E-state index in [4.69, 9.17) is 15.3 Å². The van der Waals surface area contributed by atoms with Crippen molar-refractivity contribution in [1.29, 1.82) is 0 Å². The minimum Gasteiger partial charge on any atom is -0.481 e. The molecule has 14 heteroatoms. The van der Waals surface area contributed by atoms with Crippen LogP contribution in [0.4, 0.5) is 5.69 Å². The van der Waals surface area contributed by atoms with Crippen LogP contribution in [-0.2, 0) is 29.8 Å². The lowest BCUT2D eigenvalue weighted by molar-refractivity contribution is -0.384. The van der Waals surface area contributed by atoms with Crippen LogP contribution in [0.3, 0.4) is 0 Å². The number of carboxylic acids is 3. The maximum atomic E-state index is 11.6. The van der Waals surface area contributed by atoms with Crippen LogP contribution in [0, 0.1) is 17.0 Å². The molecule has 1 fully saturated rings. The average Bonchev–Trinajstić information content (AvgIpc) is 3.95. The fraction of sp³-hybridized carbons (Fsp3) is 0.585. The Hall–Kier alpha value is -3.75. The fourth-order valence-electron chi connectivity index (χ4n) is 5.74. The number of aryl methyl sites for hydroxylation is 1. The number of benzene rings is 2. The first kappa shape index (κ1) is 49.3. The Kier molecular flexibility index (Phi) is 24.1. The van der Waals surface area contributed by atoms with Crippen molar-refractivity contribution < 1.29 is 43.0 Å². The summed E-state index contributed by atoms with van der Waals surface area (Å²) < 4.78 is 25.6. The Morgan fingerprint density at radius 1 is 0.855 bits per heavy atom. The molecule has 0 bridgehead atoms. The molecule has 0 atom stereocenters. The third-order valence-corrected chi connectivity index (χ3v) is 11.6. The van der Waals surface area contributed by atoms with Gasteiger partial charge in [-0.15, -0.1) is 11.8 Å². The zero-order valence-corrected chi connectivity index (χ0v) is 34.6. The van der Waals surface area contributed by atoms with Gasteiger partial charge in [0.05, 0.1) is 22.5 Å². The first-order valence-corrected chi connectivity index (χ1v) is 22.2. The van der Waals surface area contributed by atoms with E-state index in [9.17, 15) is 32.9 Å². The predicted octanol–water partition coefficient (Wildman–Crippen LogP) is 9.78. The minimum absolute atomic E-state index is 0.0176. The van der Waals surface area contributed by atoms with Gasteiger partial charge in [-0.3, -0.25) is 19.7 Å². The molecule has 55 heavy (non-hydrogen) atoms. The third kappa shape index (κ3) is 21.2. The van der Waals surface area contributed by atoms with Gasteiger partial charge >= 0.3 is 17.9 Å². The number of aliphatic carboxylic acids is 3. The summed E-state index contributed by atoms with van der Waals surface area (Å²) in [7, 11) is -3.31. The molecule has 2 aromatic rings. The molecular formula is C41H62N2O10S2. The molecule has 0 amide bonds. The zero-order valence-electron chi connectivity index (χ0n) is 33.0. The molecule has 0 aliphatic heterocycles. The van der Waals surface area contributed by atoms with Crippen LogP contribution in [0.2, 0.25) is 0 Å². The molecule has 0 spiro atoms. The molecule has 0 aromatic heterocycles. The summed E-state index contributed by atoms with van der Waals surface area (Å²) in [6.07, 6.45) is 22.0. The first-order valence-electron chi connectivity index (χ1n) is 19.3. The molecule has 12 nitrogen and oxygen atoms in total. The second kappa shape index (κ2) is 27.0. The van der Waals surface area contributed by atoms with Crippen molar-refractivity contribution in [3.8, 4) is 0 Å². The van der Waals surface area contributed by atoms with E-state index in [0.717, 1.165) is 36.1 Å². The number of sulfonamides is 1. The average molecular weight is 807 g/mol. The molecule has 308 valence electrons. The SMILES string of the molecule is CCCCCCCCCCCCCCCCS(=O)(=O)NCCC(=O)O.CSc1ccc([N+](=O)[O-])cc1C=C(C)C(=O)O.Cc1ccc(C2(C(=O)O)CC2)cc1. The van der Waals surface area contributed by atoms with E-state index in [1.165, 1.54) is 113 Å². The van der Waals surface area contributed by atoms with Gasteiger partial charge in [0.15, 0.2) is 0 Å². The number of hydrogen-bond donors (Lipinski definition) is 4. The number of nitrogens with zero attached hydrogens (tertiary/aromatic N) is 1. The van der Waals surface area contributed by atoms with Gasteiger partial charge in [0, 0.05) is 29.1 Å². The van der Waals surface area contributed by atoms with Crippen molar-refractivity contribution in [1.82, 2.24) is 4.72 Å². The topological polar surface area (TPSA) is 201 Å². The lowest BCUT2D eigenvalue weighted by Crippen LogP contribution is -2.28. The summed E-state index contributed by atoms with van der Waals surface area (Å²) in [5.74, 6) is -2.61. The second-order valence-electron chi connectivity index (χ2n) is 14.0. The van der Waals surface area contributed by atoms with Gasteiger partial charge in [0.2, 0.25) is 10.0 Å².